The number of nitrogens with zero attached hydrogens (tertiary/aromatic N) is 1. The number of nitrogens with one attached hydrogen (secondary N) is 2. The summed E-state index contributed by atoms with van der Waals surface area (Å²) in [5.74, 6) is -1.88. The van der Waals surface area contributed by atoms with Crippen molar-refractivity contribution < 1.29 is 24.7 Å². The molecule has 8 nitrogen and oxygen atoms in total. The topological polar surface area (TPSA) is 119 Å². The van der Waals surface area contributed by atoms with Gasteiger partial charge in [-0.2, -0.15) is 0 Å². The van der Waals surface area contributed by atoms with Gasteiger partial charge in [-0.25, -0.2) is 5.48 Å². The van der Waals surface area contributed by atoms with Crippen LogP contribution in [0.4, 0.5) is 0 Å². The minimum Gasteiger partial charge on any atom is -0.394 e. The van der Waals surface area contributed by atoms with Gasteiger partial charge in [-0.1, -0.05) is 50.5 Å². The summed E-state index contributed by atoms with van der Waals surface area (Å²) in [5, 5.41) is 21.3. The van der Waals surface area contributed by atoms with Gasteiger partial charge in [0.1, 0.15) is 6.04 Å². The Labute approximate surface area is 179 Å². The summed E-state index contributed by atoms with van der Waals surface area (Å²) >= 11 is 0. The van der Waals surface area contributed by atoms with Gasteiger partial charge in [-0.15, -0.1) is 0 Å². The number of aliphatic hydroxyl groups is 1. The molecule has 0 unspecified atom stereocenters. The maximum absolute atomic E-state index is 13.2. The molecule has 0 radical (unpaired) electrons. The van der Waals surface area contributed by atoms with E-state index in [1.165, 1.54) is 0 Å². The first-order valence-corrected chi connectivity index (χ1v) is 10.8. The fourth-order valence-corrected chi connectivity index (χ4v) is 3.80. The molecule has 8 heteroatoms. The van der Waals surface area contributed by atoms with Gasteiger partial charge in [0.2, 0.25) is 17.7 Å². The molecule has 3 amide bonds. The summed E-state index contributed by atoms with van der Waals surface area (Å²) in [7, 11) is 0. The van der Waals surface area contributed by atoms with E-state index in [0.717, 1.165) is 37.7 Å². The molecule has 0 aromatic rings. The Morgan fingerprint density at radius 2 is 2.00 bits per heavy atom. The minimum absolute atomic E-state index is 0.110. The highest BCUT2D eigenvalue weighted by atomic mass is 16.5. The van der Waals surface area contributed by atoms with Crippen LogP contribution in [0.1, 0.15) is 65.2 Å². The summed E-state index contributed by atoms with van der Waals surface area (Å²) in [6.07, 6.45) is 8.35. The maximum Gasteiger partial charge on any atom is 0.245 e. The van der Waals surface area contributed by atoms with Gasteiger partial charge in [-0.05, 0) is 26.2 Å². The van der Waals surface area contributed by atoms with Crippen molar-refractivity contribution in [3.05, 3.63) is 24.3 Å². The van der Waals surface area contributed by atoms with Crippen LogP contribution in [0, 0.1) is 5.92 Å². The smallest absolute Gasteiger partial charge is 0.245 e. The van der Waals surface area contributed by atoms with Crippen LogP contribution < -0.4 is 10.8 Å². The van der Waals surface area contributed by atoms with E-state index in [-0.39, 0.29) is 37.3 Å². The first-order chi connectivity index (χ1) is 14.4. The predicted octanol–water partition coefficient (Wildman–Crippen LogP) is 2.07. The van der Waals surface area contributed by atoms with Crippen molar-refractivity contribution in [2.45, 2.75) is 77.3 Å². The number of amides is 3. The Bertz CT molecular complexity index is 620. The van der Waals surface area contributed by atoms with Crippen LogP contribution in [0.15, 0.2) is 24.3 Å². The number of aliphatic hydroxyl groups excluding tert-OH is 1. The van der Waals surface area contributed by atoms with Gasteiger partial charge in [-0.3, -0.25) is 19.6 Å². The number of unbranched alkanes of at least 4 members (excludes halogenated alkanes) is 2. The van der Waals surface area contributed by atoms with E-state index in [4.69, 9.17) is 5.21 Å². The first-order valence-electron chi connectivity index (χ1n) is 10.8. The van der Waals surface area contributed by atoms with Crippen molar-refractivity contribution in [2.24, 2.45) is 5.92 Å². The zero-order valence-electron chi connectivity index (χ0n) is 18.2. The Morgan fingerprint density at radius 3 is 2.57 bits per heavy atom. The Hall–Kier alpha value is -2.19. The van der Waals surface area contributed by atoms with Crippen LogP contribution >= 0.6 is 0 Å². The number of carbonyl (C=O) groups is 3. The Balaban J connectivity index is 3.00. The third-order valence-electron chi connectivity index (χ3n) is 5.64. The summed E-state index contributed by atoms with van der Waals surface area (Å²) in [5.41, 5.74) is 2.40. The van der Waals surface area contributed by atoms with Gasteiger partial charge in [0.25, 0.3) is 0 Å². The van der Waals surface area contributed by atoms with E-state index < -0.39 is 17.9 Å². The van der Waals surface area contributed by atoms with Crippen LogP contribution in [-0.2, 0) is 14.4 Å². The van der Waals surface area contributed by atoms with E-state index in [0.29, 0.717) is 13.0 Å². The Kier molecular flexibility index (Phi) is 12.0. The molecule has 0 saturated carbocycles. The number of rotatable bonds is 13. The molecule has 0 aliphatic carbocycles. The third kappa shape index (κ3) is 7.91. The SMILES string of the molecule is C=C/C(=C\C)C[C@H](NC(=O)[C@H](CCCCC)CC(=O)NO)C(=O)N1CCC[C@H]1CO. The lowest BCUT2D eigenvalue weighted by atomic mass is 9.95. The highest BCUT2D eigenvalue weighted by Gasteiger charge is 2.35. The van der Waals surface area contributed by atoms with Crippen LogP contribution in [-0.4, -0.2) is 58.2 Å². The van der Waals surface area contributed by atoms with Crippen LogP contribution in [0.5, 0.6) is 0 Å². The van der Waals surface area contributed by atoms with Gasteiger partial charge >= 0.3 is 0 Å². The first kappa shape index (κ1) is 25.8. The molecule has 0 aromatic heterocycles. The number of allylic oxidation sites excluding steroid dienone is 2. The lowest BCUT2D eigenvalue weighted by Gasteiger charge is -2.29. The number of hydrogen-bond acceptors (Lipinski definition) is 5. The van der Waals surface area contributed by atoms with E-state index in [1.807, 2.05) is 19.9 Å². The quantitative estimate of drug-likeness (QED) is 0.156. The lowest BCUT2D eigenvalue weighted by Crippen LogP contribution is -2.52. The van der Waals surface area contributed by atoms with Gasteiger partial charge < -0.3 is 15.3 Å². The van der Waals surface area contributed by atoms with Crippen molar-refractivity contribution in [1.82, 2.24) is 15.7 Å². The van der Waals surface area contributed by atoms with Crippen LogP contribution in [0.3, 0.4) is 0 Å². The summed E-state index contributed by atoms with van der Waals surface area (Å²) in [6, 6.07) is -1.05. The standard InChI is InChI=1S/C22H37N3O5/c1-4-7-8-10-17(14-20(27)24-30)21(28)23-19(13-16(5-2)6-3)22(29)25-12-9-11-18(25)15-26/h5-6,17-19,26,30H,2,4,7-15H2,1,3H3,(H,23,28)(H,24,27)/b16-6+/t17-,18+,19+/m1/s1. The normalized spacial score (nSPS) is 18.6. The zero-order valence-corrected chi connectivity index (χ0v) is 18.2. The molecule has 1 fully saturated rings. The minimum atomic E-state index is -0.806. The van der Waals surface area contributed by atoms with Crippen molar-refractivity contribution in [1.29, 1.82) is 0 Å². The highest BCUT2D eigenvalue weighted by Crippen LogP contribution is 2.21. The van der Waals surface area contributed by atoms with Crippen molar-refractivity contribution in [3.8, 4) is 0 Å². The van der Waals surface area contributed by atoms with E-state index in [9.17, 15) is 19.5 Å². The average Bonchev–Trinajstić information content (AvgIpc) is 3.24. The average molecular weight is 424 g/mol. The molecule has 1 rings (SSSR count). The molecule has 0 bridgehead atoms. The van der Waals surface area contributed by atoms with Gasteiger partial charge in [0.15, 0.2) is 0 Å². The maximum atomic E-state index is 13.2. The lowest BCUT2D eigenvalue weighted by molar-refractivity contribution is -0.139. The molecule has 4 N–H and O–H groups in total. The second kappa shape index (κ2) is 13.9. The number of hydroxylamine groups is 1. The highest BCUT2D eigenvalue weighted by molar-refractivity contribution is 5.91. The van der Waals surface area contributed by atoms with E-state index >= 15 is 0 Å². The number of hydrogen-bond donors (Lipinski definition) is 4. The number of likely N-dealkylation sites (tertiary alicyclic amines) is 1. The van der Waals surface area contributed by atoms with Gasteiger partial charge in [0, 0.05) is 25.3 Å². The van der Waals surface area contributed by atoms with Crippen molar-refractivity contribution >= 4 is 17.7 Å². The zero-order chi connectivity index (χ0) is 22.5. The predicted molar refractivity (Wildman–Crippen MR) is 115 cm³/mol. The molecular formula is C22H37N3O5. The molecule has 1 heterocycles. The van der Waals surface area contributed by atoms with E-state index in [1.54, 1.807) is 16.5 Å². The van der Waals surface area contributed by atoms with Crippen LogP contribution in [0.2, 0.25) is 0 Å². The van der Waals surface area contributed by atoms with Crippen molar-refractivity contribution in [3.63, 3.8) is 0 Å². The largest absolute Gasteiger partial charge is 0.394 e. The molecule has 0 aromatic carbocycles. The summed E-state index contributed by atoms with van der Waals surface area (Å²) in [4.78, 5) is 39.5. The summed E-state index contributed by atoms with van der Waals surface area (Å²) in [6.45, 7) is 8.08. The van der Waals surface area contributed by atoms with Gasteiger partial charge in [0.05, 0.1) is 12.6 Å². The van der Waals surface area contributed by atoms with Crippen molar-refractivity contribution in [2.75, 3.05) is 13.2 Å². The molecular weight excluding hydrogens is 386 g/mol. The third-order valence-corrected chi connectivity index (χ3v) is 5.64. The fourth-order valence-electron chi connectivity index (χ4n) is 3.80. The second-order valence-corrected chi connectivity index (χ2v) is 7.78. The number of carbonyl (C=O) groups excluding carboxylic acids is 3. The Morgan fingerprint density at radius 1 is 1.27 bits per heavy atom. The molecule has 3 atom stereocenters. The monoisotopic (exact) mass is 423 g/mol. The molecule has 1 aliphatic rings. The molecule has 0 spiro atoms. The van der Waals surface area contributed by atoms with Crippen LogP contribution in [0.25, 0.3) is 0 Å². The molecule has 170 valence electrons. The molecule has 30 heavy (non-hydrogen) atoms. The second-order valence-electron chi connectivity index (χ2n) is 7.78. The summed E-state index contributed by atoms with van der Waals surface area (Å²) < 4.78 is 0. The molecule has 1 aliphatic heterocycles. The fraction of sp³-hybridized carbons (Fsp3) is 0.682. The molecule has 1 saturated heterocycles. The van der Waals surface area contributed by atoms with E-state index in [2.05, 4.69) is 11.9 Å².